The van der Waals surface area contributed by atoms with Crippen molar-refractivity contribution in [2.24, 2.45) is 0 Å². The Labute approximate surface area is 221 Å². The summed E-state index contributed by atoms with van der Waals surface area (Å²) in [6, 6.07) is 21.7. The average Bonchev–Trinajstić information content (AvgIpc) is 3.27. The zero-order chi connectivity index (χ0) is 23.1. The minimum atomic E-state index is -4.45. The summed E-state index contributed by atoms with van der Waals surface area (Å²) in [7, 11) is 0.999. The first-order chi connectivity index (χ1) is 15.2. The van der Waals surface area contributed by atoms with Crippen LogP contribution in [0.15, 0.2) is 82.3 Å². The van der Waals surface area contributed by atoms with Crippen molar-refractivity contribution in [3.05, 3.63) is 105 Å². The van der Waals surface area contributed by atoms with Gasteiger partial charge in [0.05, 0.1) is 0 Å². The molecule has 3 aromatic carbocycles. The van der Waals surface area contributed by atoms with Crippen LogP contribution in [0.4, 0.5) is 0 Å². The molecule has 0 heterocycles. The topological polar surface area (TPSA) is 9.23 Å². The second-order valence-electron chi connectivity index (χ2n) is 9.41. The summed E-state index contributed by atoms with van der Waals surface area (Å²) in [5, 5.41) is 1.44. The van der Waals surface area contributed by atoms with Crippen LogP contribution in [0.2, 0.25) is 0 Å². The Morgan fingerprint density at radius 3 is 1.68 bits per heavy atom. The van der Waals surface area contributed by atoms with Gasteiger partial charge >= 0.3 is 198 Å². The number of allylic oxidation sites excluding steroid dienone is 4. The third-order valence-electron chi connectivity index (χ3n) is 7.83. The number of hydrogen-bond acceptors (Lipinski definition) is 1. The summed E-state index contributed by atoms with van der Waals surface area (Å²) >= 11 is -4.45. The molecule has 1 aliphatic carbocycles. The van der Waals surface area contributed by atoms with E-state index in [1.807, 2.05) is 0 Å². The van der Waals surface area contributed by atoms with Crippen LogP contribution >= 0.6 is 24.8 Å². The molecule has 5 heteroatoms. The molecule has 1 nitrogen and oxygen atoms in total. The van der Waals surface area contributed by atoms with Gasteiger partial charge in [-0.3, -0.25) is 0 Å². The summed E-state index contributed by atoms with van der Waals surface area (Å²) in [5.41, 5.74) is 6.58. The first-order valence-corrected chi connectivity index (χ1v) is 16.6. The van der Waals surface area contributed by atoms with Crippen LogP contribution in [0.1, 0.15) is 35.6 Å². The van der Waals surface area contributed by atoms with Gasteiger partial charge in [0.2, 0.25) is 0 Å². The van der Waals surface area contributed by atoms with E-state index < -0.39 is 15.2 Å². The third kappa shape index (κ3) is 4.25. The van der Waals surface area contributed by atoms with E-state index >= 15 is 0 Å². The monoisotopic (exact) mass is 546 g/mol. The predicted octanol–water partition coefficient (Wildman–Crippen LogP) is 5.05. The van der Waals surface area contributed by atoms with Gasteiger partial charge in [-0.15, -0.1) is 24.8 Å². The molecule has 3 aromatic rings. The van der Waals surface area contributed by atoms with Gasteiger partial charge in [-0.2, -0.15) is 0 Å². The van der Waals surface area contributed by atoms with Crippen molar-refractivity contribution in [2.75, 3.05) is 0 Å². The molecule has 34 heavy (non-hydrogen) atoms. The Morgan fingerprint density at radius 1 is 0.735 bits per heavy atom. The Kier molecular flexibility index (Phi) is 8.84. The van der Waals surface area contributed by atoms with E-state index in [0.29, 0.717) is 0 Å². The van der Waals surface area contributed by atoms with E-state index in [1.165, 1.54) is 44.6 Å². The van der Waals surface area contributed by atoms with Crippen molar-refractivity contribution in [2.45, 2.75) is 41.0 Å². The molecular weight excluding hydrogens is 511 g/mol. The van der Waals surface area contributed by atoms with Gasteiger partial charge in [0, 0.05) is 0 Å². The van der Waals surface area contributed by atoms with Crippen molar-refractivity contribution >= 4 is 52.8 Å². The Hall–Kier alpha value is -1.68. The van der Waals surface area contributed by atoms with Crippen LogP contribution in [0.5, 0.6) is 5.75 Å². The molecule has 180 valence electrons. The van der Waals surface area contributed by atoms with Gasteiger partial charge in [-0.05, 0) is 0 Å². The number of halogens is 2. The standard InChI is InChI=1S/C10H16OSi.C6H7.2C6H5.CH2.2ClH.Ti/c1-5-6(2)9(11)8(4)10(12)7(5)3;1-6-4-2-3-5-6;2*1-2-4-6-5-3-1;;;;/h11H,1-4,12H3;2,4H,3H2,1H3;2*1-5H;1H2;2*1H;/q;;;;;;;+1/p-1. The molecule has 0 saturated carbocycles. The first-order valence-electron chi connectivity index (χ1n) is 11.5. The van der Waals surface area contributed by atoms with Crippen molar-refractivity contribution in [1.29, 1.82) is 0 Å². The summed E-state index contributed by atoms with van der Waals surface area (Å²) in [6.07, 6.45) is 5.41. The van der Waals surface area contributed by atoms with E-state index in [9.17, 15) is 0 Å². The van der Waals surface area contributed by atoms with E-state index in [4.69, 9.17) is 8.14 Å². The zero-order valence-corrected chi connectivity index (χ0v) is 26.3. The van der Waals surface area contributed by atoms with Crippen molar-refractivity contribution in [3.63, 3.8) is 0 Å². The molecule has 4 rings (SSSR count). The third-order valence-corrected chi connectivity index (χ3v) is 18.1. The Balaban J connectivity index is 0.00000204. The predicted molar refractivity (Wildman–Crippen MR) is 156 cm³/mol. The maximum atomic E-state index is 7.60. The van der Waals surface area contributed by atoms with Gasteiger partial charge in [-0.1, -0.05) is 0 Å². The second-order valence-corrected chi connectivity index (χ2v) is 17.7. The number of benzene rings is 3. The molecule has 0 bridgehead atoms. The van der Waals surface area contributed by atoms with Crippen LogP contribution in [0, 0.1) is 27.7 Å². The van der Waals surface area contributed by atoms with E-state index in [0.717, 1.165) is 22.4 Å². The van der Waals surface area contributed by atoms with Crippen LogP contribution in [-0.4, -0.2) is 15.1 Å². The summed E-state index contributed by atoms with van der Waals surface area (Å²) in [6.45, 7) is 11.2. The summed E-state index contributed by atoms with van der Waals surface area (Å²) in [4.78, 5) is 5.22. The fraction of sp³-hybridized carbons (Fsp3) is 0.207. The van der Waals surface area contributed by atoms with E-state index in [-0.39, 0.29) is 24.8 Å². The fourth-order valence-corrected chi connectivity index (χ4v) is 14.4. The molecule has 0 aliphatic heterocycles. The van der Waals surface area contributed by atoms with Crippen molar-refractivity contribution in [3.8, 4) is 5.75 Å². The maximum absolute atomic E-state index is 7.60. The van der Waals surface area contributed by atoms with Crippen LogP contribution in [-0.2, 0) is 15.2 Å². The van der Waals surface area contributed by atoms with Gasteiger partial charge < -0.3 is 0 Å². The quantitative estimate of drug-likeness (QED) is 0.407. The van der Waals surface area contributed by atoms with Gasteiger partial charge in [-0.25, -0.2) is 0 Å². The molecule has 1 aliphatic rings. The van der Waals surface area contributed by atoms with Gasteiger partial charge in [0.25, 0.3) is 0 Å². The van der Waals surface area contributed by atoms with Gasteiger partial charge in [0.15, 0.2) is 0 Å². The fourth-order valence-electron chi connectivity index (χ4n) is 5.37. The summed E-state index contributed by atoms with van der Waals surface area (Å²) < 4.78 is 11.5. The first kappa shape index (κ1) is 28.6. The van der Waals surface area contributed by atoms with Crippen LogP contribution in [0.25, 0.3) is 0 Å². The average molecular weight is 547 g/mol. The molecule has 0 radical (unpaired) electrons. The Bertz CT molecular complexity index is 1250. The Morgan fingerprint density at radius 2 is 1.24 bits per heavy atom. The molecule has 0 N–H and O–H groups in total. The molecule has 0 amide bonds. The molecule has 0 atom stereocenters. The van der Waals surface area contributed by atoms with E-state index in [2.05, 4.69) is 107 Å². The molecular formula is C29H36Cl2OSiTi. The van der Waals surface area contributed by atoms with Crippen molar-refractivity contribution in [1.82, 2.24) is 0 Å². The normalized spacial score (nSPS) is 13.5. The second kappa shape index (κ2) is 10.5. The molecule has 0 fully saturated rings. The minimum absolute atomic E-state index is 0. The van der Waals surface area contributed by atoms with Crippen molar-refractivity contribution < 1.29 is 18.5 Å². The van der Waals surface area contributed by atoms with E-state index in [1.54, 1.807) is 0 Å². The van der Waals surface area contributed by atoms with Crippen LogP contribution < -0.4 is 16.2 Å². The van der Waals surface area contributed by atoms with Gasteiger partial charge in [0.1, 0.15) is 0 Å². The SMILES string of the molecule is Cl.Cl.[CH2]=[Ti]([O]c1c(C)c(C)c(C)c([SiH3])c1C)([C]1=C(C)C=CC1)([c]1ccccc1)[c]1ccccc1. The summed E-state index contributed by atoms with van der Waals surface area (Å²) in [5.74, 6) is 1.05. The zero-order valence-electron chi connectivity index (χ0n) is 21.1. The van der Waals surface area contributed by atoms with Crippen LogP contribution in [0.3, 0.4) is 0 Å². The molecule has 0 unspecified atom stereocenters. The molecule has 0 saturated heterocycles. The number of hydrogen-bond donors (Lipinski definition) is 0. The molecule has 0 spiro atoms. The number of rotatable bonds is 5. The molecule has 0 aromatic heterocycles.